The van der Waals surface area contributed by atoms with E-state index in [-0.39, 0.29) is 24.7 Å². The smallest absolute Gasteiger partial charge is 0.416 e. The highest BCUT2D eigenvalue weighted by molar-refractivity contribution is 6.32. The molecule has 2 aromatic carbocycles. The van der Waals surface area contributed by atoms with Gasteiger partial charge in [-0.15, -0.1) is 0 Å². The molecule has 1 fully saturated rings. The number of nitrogens with zero attached hydrogens (tertiary/aromatic N) is 1. The van der Waals surface area contributed by atoms with Gasteiger partial charge in [0.05, 0.1) is 29.5 Å². The summed E-state index contributed by atoms with van der Waals surface area (Å²) < 4.78 is 75.7. The maximum absolute atomic E-state index is 14.4. The summed E-state index contributed by atoms with van der Waals surface area (Å²) in [5.41, 5.74) is -2.27. The maximum Gasteiger partial charge on any atom is 0.416 e. The summed E-state index contributed by atoms with van der Waals surface area (Å²) in [6, 6.07) is 5.27. The number of hydrogen-bond donors (Lipinski definition) is 0. The Kier molecular flexibility index (Phi) is 6.84. The van der Waals surface area contributed by atoms with Gasteiger partial charge in [0.1, 0.15) is 11.5 Å². The van der Waals surface area contributed by atoms with Crippen LogP contribution in [0.15, 0.2) is 30.3 Å². The summed E-state index contributed by atoms with van der Waals surface area (Å²) in [6.45, 7) is 3.61. The van der Waals surface area contributed by atoms with Gasteiger partial charge in [0.25, 0.3) is 0 Å². The van der Waals surface area contributed by atoms with Gasteiger partial charge in [0, 0.05) is 20.2 Å². The zero-order valence-electron chi connectivity index (χ0n) is 18.3. The highest BCUT2D eigenvalue weighted by Gasteiger charge is 2.52. The Morgan fingerprint density at radius 1 is 1.15 bits per heavy atom. The number of ether oxygens (including phenoxy) is 4. The number of hydrogen-bond acceptors (Lipinski definition) is 6. The minimum absolute atomic E-state index is 0.0165. The standard InChI is InChI=1S/C22H22ClF4NO5/c1-20(12-29,21(2)30-7-8-31-21)33-18-11-14(5-6-17(18)28(3)4)32-19-15(23)9-13(10-16(19)24)22(25,26)27/h5-6,9-12H,7-8H2,1-4H3. The van der Waals surface area contributed by atoms with Gasteiger partial charge in [-0.1, -0.05) is 11.6 Å². The topological polar surface area (TPSA) is 57.2 Å². The molecular weight excluding hydrogens is 470 g/mol. The van der Waals surface area contributed by atoms with E-state index in [1.165, 1.54) is 19.1 Å². The summed E-state index contributed by atoms with van der Waals surface area (Å²) in [5.74, 6) is -3.05. The fourth-order valence-corrected chi connectivity index (χ4v) is 3.45. The number of halogens is 5. The highest BCUT2D eigenvalue weighted by atomic mass is 35.5. The first-order chi connectivity index (χ1) is 15.3. The molecule has 1 aliphatic rings. The molecule has 1 saturated heterocycles. The molecule has 0 amide bonds. The normalized spacial score (nSPS) is 17.4. The molecule has 1 heterocycles. The Hall–Kier alpha value is -2.56. The van der Waals surface area contributed by atoms with Gasteiger partial charge in [-0.3, -0.25) is 4.79 Å². The van der Waals surface area contributed by atoms with Crippen LogP contribution in [-0.2, 0) is 20.4 Å². The van der Waals surface area contributed by atoms with Crippen LogP contribution in [-0.4, -0.2) is 45.0 Å². The fourth-order valence-electron chi connectivity index (χ4n) is 3.20. The average molecular weight is 492 g/mol. The van der Waals surface area contributed by atoms with Gasteiger partial charge in [-0.05, 0) is 38.1 Å². The summed E-state index contributed by atoms with van der Waals surface area (Å²) in [7, 11) is 3.47. The molecule has 0 aromatic heterocycles. The van der Waals surface area contributed by atoms with E-state index in [9.17, 15) is 22.4 Å². The molecular formula is C22H22ClF4NO5. The molecule has 0 N–H and O–H groups in total. The quantitative estimate of drug-likeness (QED) is 0.379. The van der Waals surface area contributed by atoms with Gasteiger partial charge in [0.15, 0.2) is 17.9 Å². The van der Waals surface area contributed by atoms with Gasteiger partial charge in [-0.25, -0.2) is 4.39 Å². The van der Waals surface area contributed by atoms with E-state index in [0.29, 0.717) is 24.1 Å². The third kappa shape index (κ3) is 5.02. The van der Waals surface area contributed by atoms with E-state index in [1.54, 1.807) is 32.0 Å². The van der Waals surface area contributed by atoms with E-state index < -0.39 is 39.7 Å². The summed E-state index contributed by atoms with van der Waals surface area (Å²) in [6.07, 6.45) is -4.21. The minimum Gasteiger partial charge on any atom is -0.472 e. The number of aldehydes is 1. The molecule has 1 atom stereocenters. The van der Waals surface area contributed by atoms with Gasteiger partial charge < -0.3 is 23.8 Å². The van der Waals surface area contributed by atoms with E-state index in [1.807, 2.05) is 0 Å². The SMILES string of the molecule is CN(C)c1ccc(Oc2c(F)cc(C(F)(F)F)cc2Cl)cc1OC(C)(C=O)C1(C)OCCO1. The van der Waals surface area contributed by atoms with Crippen molar-refractivity contribution in [2.45, 2.75) is 31.4 Å². The van der Waals surface area contributed by atoms with Crippen LogP contribution in [0.25, 0.3) is 0 Å². The lowest BCUT2D eigenvalue weighted by atomic mass is 9.98. The molecule has 0 spiro atoms. The molecule has 2 aromatic rings. The van der Waals surface area contributed by atoms with Crippen molar-refractivity contribution in [3.63, 3.8) is 0 Å². The molecule has 1 aliphatic heterocycles. The first kappa shape index (κ1) is 25.1. The van der Waals surface area contributed by atoms with Crippen molar-refractivity contribution in [3.8, 4) is 17.2 Å². The monoisotopic (exact) mass is 491 g/mol. The molecule has 1 unspecified atom stereocenters. The Balaban J connectivity index is 1.98. The number of anilines is 1. The van der Waals surface area contributed by atoms with Crippen LogP contribution in [0.2, 0.25) is 5.02 Å². The Morgan fingerprint density at radius 2 is 1.79 bits per heavy atom. The van der Waals surface area contributed by atoms with E-state index in [2.05, 4.69) is 0 Å². The molecule has 3 rings (SSSR count). The molecule has 6 nitrogen and oxygen atoms in total. The zero-order chi connectivity index (χ0) is 24.6. The predicted molar refractivity (Wildman–Crippen MR) is 113 cm³/mol. The largest absolute Gasteiger partial charge is 0.472 e. The van der Waals surface area contributed by atoms with Crippen molar-refractivity contribution in [2.75, 3.05) is 32.2 Å². The van der Waals surface area contributed by atoms with Gasteiger partial charge in [0.2, 0.25) is 11.4 Å². The van der Waals surface area contributed by atoms with Crippen LogP contribution in [0.5, 0.6) is 17.2 Å². The predicted octanol–water partition coefficient (Wildman–Crippen LogP) is 5.46. The highest BCUT2D eigenvalue weighted by Crippen LogP contribution is 2.42. The van der Waals surface area contributed by atoms with Gasteiger partial charge in [-0.2, -0.15) is 13.2 Å². The Labute approximate surface area is 192 Å². The van der Waals surface area contributed by atoms with Crippen LogP contribution in [0.3, 0.4) is 0 Å². The number of alkyl halides is 3. The number of benzene rings is 2. The van der Waals surface area contributed by atoms with Crippen molar-refractivity contribution < 1.29 is 41.3 Å². The number of carbonyl (C=O) groups excluding carboxylic acids is 1. The summed E-state index contributed by atoms with van der Waals surface area (Å²) in [5, 5.41) is -0.556. The Bertz CT molecular complexity index is 1020. The van der Waals surface area contributed by atoms with Gasteiger partial charge >= 0.3 is 6.18 Å². The fraction of sp³-hybridized carbons (Fsp3) is 0.409. The van der Waals surface area contributed by atoms with E-state index in [0.717, 1.165) is 0 Å². The first-order valence-electron chi connectivity index (χ1n) is 9.78. The second-order valence-electron chi connectivity index (χ2n) is 7.86. The van der Waals surface area contributed by atoms with Crippen LogP contribution < -0.4 is 14.4 Å². The maximum atomic E-state index is 14.4. The molecule has 33 heavy (non-hydrogen) atoms. The second kappa shape index (κ2) is 9.00. The van der Waals surface area contributed by atoms with Crippen LogP contribution >= 0.6 is 11.6 Å². The third-order valence-electron chi connectivity index (χ3n) is 5.25. The molecule has 180 valence electrons. The Morgan fingerprint density at radius 3 is 2.30 bits per heavy atom. The molecule has 11 heteroatoms. The molecule has 0 saturated carbocycles. The second-order valence-corrected chi connectivity index (χ2v) is 8.27. The van der Waals surface area contributed by atoms with Crippen LogP contribution in [0, 0.1) is 5.82 Å². The van der Waals surface area contributed by atoms with Crippen molar-refractivity contribution in [1.29, 1.82) is 0 Å². The number of carbonyl (C=O) groups is 1. The lowest BCUT2D eigenvalue weighted by molar-refractivity contribution is -0.229. The molecule has 0 bridgehead atoms. The third-order valence-corrected chi connectivity index (χ3v) is 5.53. The lowest BCUT2D eigenvalue weighted by Crippen LogP contribution is -2.56. The minimum atomic E-state index is -4.77. The summed E-state index contributed by atoms with van der Waals surface area (Å²) in [4.78, 5) is 13.7. The molecule has 0 radical (unpaired) electrons. The van der Waals surface area contributed by atoms with Crippen molar-refractivity contribution >= 4 is 23.6 Å². The summed E-state index contributed by atoms with van der Waals surface area (Å²) >= 11 is 5.86. The first-order valence-corrected chi connectivity index (χ1v) is 10.2. The average Bonchev–Trinajstić information content (AvgIpc) is 3.18. The number of rotatable bonds is 7. The zero-order valence-corrected chi connectivity index (χ0v) is 19.0. The van der Waals surface area contributed by atoms with Crippen LogP contribution in [0.4, 0.5) is 23.2 Å². The van der Waals surface area contributed by atoms with E-state index in [4.69, 9.17) is 30.5 Å². The van der Waals surface area contributed by atoms with Crippen molar-refractivity contribution in [3.05, 3.63) is 46.7 Å². The van der Waals surface area contributed by atoms with E-state index >= 15 is 0 Å². The van der Waals surface area contributed by atoms with Crippen molar-refractivity contribution in [1.82, 2.24) is 0 Å². The van der Waals surface area contributed by atoms with Crippen molar-refractivity contribution in [2.24, 2.45) is 0 Å². The molecule has 0 aliphatic carbocycles. The lowest BCUT2D eigenvalue weighted by Gasteiger charge is -2.38. The van der Waals surface area contributed by atoms with Crippen LogP contribution in [0.1, 0.15) is 19.4 Å².